The van der Waals surface area contributed by atoms with Gasteiger partial charge in [-0.2, -0.15) is 13.2 Å². The third-order valence-corrected chi connectivity index (χ3v) is 4.89. The molecule has 1 aliphatic rings. The van der Waals surface area contributed by atoms with Crippen molar-refractivity contribution in [3.8, 4) is 5.75 Å². The molecule has 1 aromatic heterocycles. The lowest BCUT2D eigenvalue weighted by atomic mass is 9.84. The van der Waals surface area contributed by atoms with E-state index in [2.05, 4.69) is 4.98 Å². The van der Waals surface area contributed by atoms with Gasteiger partial charge in [0.1, 0.15) is 17.9 Å². The van der Waals surface area contributed by atoms with Gasteiger partial charge in [-0.05, 0) is 24.5 Å². The van der Waals surface area contributed by atoms with Crippen molar-refractivity contribution in [1.29, 1.82) is 0 Å². The largest absolute Gasteiger partial charge is 0.488 e. The predicted octanol–water partition coefficient (Wildman–Crippen LogP) is 4.43. The van der Waals surface area contributed by atoms with Crippen molar-refractivity contribution in [3.63, 3.8) is 0 Å². The highest BCUT2D eigenvalue weighted by atomic mass is 19.4. The van der Waals surface area contributed by atoms with E-state index in [9.17, 15) is 23.1 Å². The number of aliphatic carboxylic acids is 1. The Morgan fingerprint density at radius 3 is 2.46 bits per heavy atom. The van der Waals surface area contributed by atoms with Crippen LogP contribution in [0.15, 0.2) is 42.6 Å². The molecule has 138 valence electrons. The first-order valence-corrected chi connectivity index (χ1v) is 8.22. The second-order valence-corrected chi connectivity index (χ2v) is 6.52. The van der Waals surface area contributed by atoms with E-state index in [1.807, 2.05) is 0 Å². The van der Waals surface area contributed by atoms with Gasteiger partial charge in [-0.1, -0.05) is 37.3 Å². The molecule has 0 bridgehead atoms. The van der Waals surface area contributed by atoms with Crippen LogP contribution >= 0.6 is 0 Å². The molecule has 1 aliphatic carbocycles. The van der Waals surface area contributed by atoms with Gasteiger partial charge in [0.25, 0.3) is 0 Å². The molecule has 1 saturated carbocycles. The maximum atomic E-state index is 13.8. The first-order valence-electron chi connectivity index (χ1n) is 8.22. The molecule has 1 fully saturated rings. The highest BCUT2D eigenvalue weighted by Gasteiger charge is 2.57. The average molecular weight is 365 g/mol. The number of carbonyl (C=O) groups is 1. The van der Waals surface area contributed by atoms with Crippen LogP contribution in [0.5, 0.6) is 5.75 Å². The summed E-state index contributed by atoms with van der Waals surface area (Å²) in [5, 5.41) is 9.29. The highest BCUT2D eigenvalue weighted by molar-refractivity contribution is 5.73. The van der Waals surface area contributed by atoms with E-state index in [1.165, 1.54) is 19.2 Å². The van der Waals surface area contributed by atoms with Gasteiger partial charge >= 0.3 is 12.1 Å². The molecule has 1 aromatic carbocycles. The average Bonchev–Trinajstić information content (AvgIpc) is 3.40. The summed E-state index contributed by atoms with van der Waals surface area (Å²) < 4.78 is 46.8. The van der Waals surface area contributed by atoms with Crippen LogP contribution in [0, 0.1) is 5.92 Å². The van der Waals surface area contributed by atoms with E-state index in [1.54, 1.807) is 30.3 Å². The zero-order chi connectivity index (χ0) is 18.9. The fourth-order valence-corrected chi connectivity index (χ4v) is 3.20. The van der Waals surface area contributed by atoms with Crippen LogP contribution in [0.2, 0.25) is 0 Å². The molecule has 3 rings (SSSR count). The molecule has 4 nitrogen and oxygen atoms in total. The van der Waals surface area contributed by atoms with E-state index >= 15 is 0 Å². The Morgan fingerprint density at radius 1 is 1.27 bits per heavy atom. The molecule has 7 heteroatoms. The number of hydrogen-bond donors (Lipinski definition) is 1. The summed E-state index contributed by atoms with van der Waals surface area (Å²) in [7, 11) is 0. The topological polar surface area (TPSA) is 59.4 Å². The summed E-state index contributed by atoms with van der Waals surface area (Å²) in [4.78, 5) is 15.3. The van der Waals surface area contributed by atoms with E-state index in [-0.39, 0.29) is 18.1 Å². The SMILES string of the molecule is CC(C(=O)O)C1(c2nccc(OCc3ccccc3)c2C(F)(F)F)CC1. The number of benzene rings is 1. The van der Waals surface area contributed by atoms with E-state index in [4.69, 9.17) is 4.74 Å². The summed E-state index contributed by atoms with van der Waals surface area (Å²) in [5.41, 5.74) is -1.56. The van der Waals surface area contributed by atoms with E-state index in [0.29, 0.717) is 12.8 Å². The minimum Gasteiger partial charge on any atom is -0.488 e. The molecule has 1 unspecified atom stereocenters. The van der Waals surface area contributed by atoms with Crippen molar-refractivity contribution < 1.29 is 27.8 Å². The number of rotatable bonds is 6. The van der Waals surface area contributed by atoms with Crippen molar-refractivity contribution in [1.82, 2.24) is 4.98 Å². The molecule has 0 radical (unpaired) electrons. The molecular weight excluding hydrogens is 347 g/mol. The highest BCUT2D eigenvalue weighted by Crippen LogP contribution is 2.57. The van der Waals surface area contributed by atoms with Crippen molar-refractivity contribution >= 4 is 5.97 Å². The van der Waals surface area contributed by atoms with Gasteiger partial charge in [0.2, 0.25) is 0 Å². The van der Waals surface area contributed by atoms with E-state index < -0.39 is 29.0 Å². The number of hydrogen-bond acceptors (Lipinski definition) is 3. The summed E-state index contributed by atoms with van der Waals surface area (Å²) in [6.07, 6.45) is -2.72. The zero-order valence-electron chi connectivity index (χ0n) is 14.1. The van der Waals surface area contributed by atoms with Crippen molar-refractivity contribution in [2.24, 2.45) is 5.92 Å². The van der Waals surface area contributed by atoms with Gasteiger partial charge in [0.05, 0.1) is 11.6 Å². The molecule has 0 amide bonds. The van der Waals surface area contributed by atoms with Crippen LogP contribution in [0.3, 0.4) is 0 Å². The number of ether oxygens (including phenoxy) is 1. The molecule has 0 aliphatic heterocycles. The van der Waals surface area contributed by atoms with Crippen molar-refractivity contribution in [2.45, 2.75) is 38.0 Å². The second-order valence-electron chi connectivity index (χ2n) is 6.52. The Hall–Kier alpha value is -2.57. The Kier molecular flexibility index (Phi) is 4.64. The Bertz CT molecular complexity index is 801. The van der Waals surface area contributed by atoms with Gasteiger partial charge in [-0.15, -0.1) is 0 Å². The third kappa shape index (κ3) is 3.38. The molecule has 0 saturated heterocycles. The van der Waals surface area contributed by atoms with Crippen LogP contribution < -0.4 is 4.74 Å². The van der Waals surface area contributed by atoms with Gasteiger partial charge in [0, 0.05) is 11.6 Å². The monoisotopic (exact) mass is 365 g/mol. The number of carboxylic acid groups (broad SMARTS) is 1. The van der Waals surface area contributed by atoms with Crippen LogP contribution in [-0.4, -0.2) is 16.1 Å². The summed E-state index contributed by atoms with van der Waals surface area (Å²) in [5.74, 6) is -2.41. The van der Waals surface area contributed by atoms with Gasteiger partial charge in [-0.3, -0.25) is 9.78 Å². The van der Waals surface area contributed by atoms with E-state index in [0.717, 1.165) is 5.56 Å². The minimum absolute atomic E-state index is 0.0190. The fourth-order valence-electron chi connectivity index (χ4n) is 3.20. The summed E-state index contributed by atoms with van der Waals surface area (Å²) in [6.45, 7) is 1.41. The first kappa shape index (κ1) is 18.2. The van der Waals surface area contributed by atoms with Gasteiger partial charge < -0.3 is 9.84 Å². The summed E-state index contributed by atoms with van der Waals surface area (Å²) in [6, 6.07) is 10.0. The number of aromatic nitrogens is 1. The molecule has 26 heavy (non-hydrogen) atoms. The Labute approximate surface area is 148 Å². The molecule has 0 spiro atoms. The maximum Gasteiger partial charge on any atom is 0.421 e. The Morgan fingerprint density at radius 2 is 1.92 bits per heavy atom. The standard InChI is InChI=1S/C19H18F3NO3/c1-12(17(24)25)18(8-9-18)16-15(19(20,21)22)14(7-10-23-16)26-11-13-5-3-2-4-6-13/h2-7,10,12H,8-9,11H2,1H3,(H,24,25). The van der Waals surface area contributed by atoms with Gasteiger partial charge in [-0.25, -0.2) is 0 Å². The number of pyridine rings is 1. The van der Waals surface area contributed by atoms with Crippen LogP contribution in [0.4, 0.5) is 13.2 Å². The predicted molar refractivity (Wildman–Crippen MR) is 87.7 cm³/mol. The van der Waals surface area contributed by atoms with Crippen molar-refractivity contribution in [3.05, 3.63) is 59.4 Å². The normalized spacial score (nSPS) is 16.8. The van der Waals surface area contributed by atoms with Crippen LogP contribution in [0.25, 0.3) is 0 Å². The maximum absolute atomic E-state index is 13.8. The number of alkyl halides is 3. The Balaban J connectivity index is 2.00. The number of halogens is 3. The molecule has 1 atom stereocenters. The molecule has 1 N–H and O–H groups in total. The van der Waals surface area contributed by atoms with Crippen LogP contribution in [-0.2, 0) is 23.0 Å². The second kappa shape index (κ2) is 6.63. The fraction of sp³-hybridized carbons (Fsp3) is 0.368. The van der Waals surface area contributed by atoms with Crippen LogP contribution in [0.1, 0.15) is 36.6 Å². The zero-order valence-corrected chi connectivity index (χ0v) is 14.1. The number of carboxylic acids is 1. The lowest BCUT2D eigenvalue weighted by molar-refractivity contribution is -0.145. The molecular formula is C19H18F3NO3. The summed E-state index contributed by atoms with van der Waals surface area (Å²) >= 11 is 0. The number of nitrogens with zero attached hydrogens (tertiary/aromatic N) is 1. The minimum atomic E-state index is -4.69. The quantitative estimate of drug-likeness (QED) is 0.823. The third-order valence-electron chi connectivity index (χ3n) is 4.89. The van der Waals surface area contributed by atoms with Crippen molar-refractivity contribution in [2.75, 3.05) is 0 Å². The van der Waals surface area contributed by atoms with Gasteiger partial charge in [0.15, 0.2) is 0 Å². The smallest absolute Gasteiger partial charge is 0.421 e. The lowest BCUT2D eigenvalue weighted by Gasteiger charge is -2.25. The first-order chi connectivity index (χ1) is 12.3. The molecule has 1 heterocycles. The molecule has 2 aromatic rings. The lowest BCUT2D eigenvalue weighted by Crippen LogP contribution is -2.29.